The van der Waals surface area contributed by atoms with Gasteiger partial charge in [-0.3, -0.25) is 0 Å². The zero-order valence-electron chi connectivity index (χ0n) is 13.8. The third kappa shape index (κ3) is 4.33. The van der Waals surface area contributed by atoms with Gasteiger partial charge >= 0.3 is 0 Å². The van der Waals surface area contributed by atoms with Crippen molar-refractivity contribution in [2.24, 2.45) is 0 Å². The Hall–Kier alpha value is -1.85. The van der Waals surface area contributed by atoms with Gasteiger partial charge in [-0.05, 0) is 48.7 Å². The van der Waals surface area contributed by atoms with Gasteiger partial charge in [-0.25, -0.2) is 8.42 Å². The topological polar surface area (TPSA) is 46.6 Å². The van der Waals surface area contributed by atoms with E-state index in [2.05, 4.69) is 0 Å². The van der Waals surface area contributed by atoms with E-state index in [1.807, 2.05) is 50.2 Å². The monoisotopic (exact) mass is 333 g/mol. The summed E-state index contributed by atoms with van der Waals surface area (Å²) in [4.78, 5) is 0.322. The molecule has 0 aliphatic rings. The first kappa shape index (κ1) is 17.5. The molecule has 5 heteroatoms. The Labute approximate surface area is 138 Å². The van der Waals surface area contributed by atoms with Gasteiger partial charge in [0, 0.05) is 13.6 Å². The average molecular weight is 333 g/mol. The second-order valence-electron chi connectivity index (χ2n) is 5.34. The Kier molecular flexibility index (Phi) is 5.80. The molecule has 0 unspecified atom stereocenters. The van der Waals surface area contributed by atoms with Gasteiger partial charge in [-0.15, -0.1) is 0 Å². The second-order valence-corrected chi connectivity index (χ2v) is 7.38. The van der Waals surface area contributed by atoms with Gasteiger partial charge in [0.1, 0.15) is 5.75 Å². The molecular formula is C18H23NO3S. The van der Waals surface area contributed by atoms with Crippen LogP contribution in [0.15, 0.2) is 53.4 Å². The Morgan fingerprint density at radius 3 is 2.00 bits per heavy atom. The first-order valence-corrected chi connectivity index (χ1v) is 9.18. The van der Waals surface area contributed by atoms with Crippen molar-refractivity contribution >= 4 is 10.0 Å². The summed E-state index contributed by atoms with van der Waals surface area (Å²) in [7, 11) is -1.88. The Bertz CT molecular complexity index is 722. The van der Waals surface area contributed by atoms with E-state index in [-0.39, 0.29) is 0 Å². The molecule has 124 valence electrons. The minimum atomic E-state index is -3.48. The minimum absolute atomic E-state index is 0.322. The molecule has 0 bridgehead atoms. The first-order valence-electron chi connectivity index (χ1n) is 7.74. The van der Waals surface area contributed by atoms with E-state index in [1.54, 1.807) is 19.2 Å². The van der Waals surface area contributed by atoms with Crippen molar-refractivity contribution in [2.75, 3.05) is 13.7 Å². The van der Waals surface area contributed by atoms with Crippen molar-refractivity contribution in [3.8, 4) is 5.75 Å². The predicted molar refractivity (Wildman–Crippen MR) is 92.1 cm³/mol. The summed E-state index contributed by atoms with van der Waals surface area (Å²) in [5, 5.41) is 0. The van der Waals surface area contributed by atoms with Crippen LogP contribution in [0.25, 0.3) is 0 Å². The molecule has 0 atom stereocenters. The van der Waals surface area contributed by atoms with Gasteiger partial charge < -0.3 is 4.74 Å². The largest absolute Gasteiger partial charge is 0.494 e. The maximum atomic E-state index is 12.6. The van der Waals surface area contributed by atoms with Crippen LogP contribution < -0.4 is 4.74 Å². The first-order chi connectivity index (χ1) is 11.0. The number of hydrogen-bond donors (Lipinski definition) is 0. The molecule has 0 aliphatic heterocycles. The molecular weight excluding hydrogens is 310 g/mol. The van der Waals surface area contributed by atoms with Crippen LogP contribution in [-0.4, -0.2) is 26.4 Å². The van der Waals surface area contributed by atoms with Gasteiger partial charge in [0.2, 0.25) is 10.0 Å². The lowest BCUT2D eigenvalue weighted by Crippen LogP contribution is -2.26. The molecule has 23 heavy (non-hydrogen) atoms. The molecule has 0 fully saturated rings. The summed E-state index contributed by atoms with van der Waals surface area (Å²) in [6.07, 6.45) is 0.891. The molecule has 2 aromatic rings. The molecule has 0 heterocycles. The lowest BCUT2D eigenvalue weighted by molar-refractivity contribution is 0.340. The Morgan fingerprint density at radius 2 is 1.48 bits per heavy atom. The SMILES string of the molecule is CCOc1ccc(CN(C)S(=O)(=O)c2ccc(CC)cc2)cc1. The van der Waals surface area contributed by atoms with Gasteiger partial charge in [0.15, 0.2) is 0 Å². The van der Waals surface area contributed by atoms with E-state index >= 15 is 0 Å². The number of aryl methyl sites for hydroxylation is 1. The van der Waals surface area contributed by atoms with Crippen LogP contribution >= 0.6 is 0 Å². The predicted octanol–water partition coefficient (Wildman–Crippen LogP) is 3.47. The van der Waals surface area contributed by atoms with Crippen molar-refractivity contribution < 1.29 is 13.2 Å². The number of ether oxygens (including phenoxy) is 1. The molecule has 0 saturated carbocycles. The van der Waals surface area contributed by atoms with E-state index < -0.39 is 10.0 Å². The van der Waals surface area contributed by atoms with Gasteiger partial charge in [-0.2, -0.15) is 4.31 Å². The number of benzene rings is 2. The summed E-state index contributed by atoms with van der Waals surface area (Å²) >= 11 is 0. The molecule has 0 spiro atoms. The molecule has 0 saturated heterocycles. The van der Waals surface area contributed by atoms with Crippen molar-refractivity contribution in [3.05, 3.63) is 59.7 Å². The second kappa shape index (κ2) is 7.62. The molecule has 0 aliphatic carbocycles. The van der Waals surface area contributed by atoms with E-state index in [0.29, 0.717) is 18.0 Å². The van der Waals surface area contributed by atoms with Crippen molar-refractivity contribution in [2.45, 2.75) is 31.7 Å². The molecule has 0 amide bonds. The van der Waals surface area contributed by atoms with Crippen LogP contribution in [-0.2, 0) is 23.0 Å². The van der Waals surface area contributed by atoms with Crippen LogP contribution in [0.5, 0.6) is 5.75 Å². The zero-order valence-corrected chi connectivity index (χ0v) is 14.6. The average Bonchev–Trinajstić information content (AvgIpc) is 2.57. The highest BCUT2D eigenvalue weighted by atomic mass is 32.2. The van der Waals surface area contributed by atoms with Crippen LogP contribution in [0.1, 0.15) is 25.0 Å². The van der Waals surface area contributed by atoms with Crippen molar-refractivity contribution in [1.82, 2.24) is 4.31 Å². The van der Waals surface area contributed by atoms with Crippen LogP contribution in [0.2, 0.25) is 0 Å². The summed E-state index contributed by atoms with van der Waals surface area (Å²) in [5.41, 5.74) is 2.04. The van der Waals surface area contributed by atoms with Crippen LogP contribution in [0.3, 0.4) is 0 Å². The molecule has 4 nitrogen and oxygen atoms in total. The zero-order chi connectivity index (χ0) is 16.9. The number of sulfonamides is 1. The van der Waals surface area contributed by atoms with Crippen LogP contribution in [0, 0.1) is 0 Å². The highest BCUT2D eigenvalue weighted by Crippen LogP contribution is 2.19. The van der Waals surface area contributed by atoms with E-state index in [0.717, 1.165) is 23.3 Å². The third-order valence-corrected chi connectivity index (χ3v) is 5.50. The smallest absolute Gasteiger partial charge is 0.243 e. The molecule has 2 rings (SSSR count). The normalized spacial score (nSPS) is 11.7. The highest BCUT2D eigenvalue weighted by Gasteiger charge is 2.20. The molecule has 0 radical (unpaired) electrons. The Morgan fingerprint density at radius 1 is 0.913 bits per heavy atom. The van der Waals surface area contributed by atoms with Crippen LogP contribution in [0.4, 0.5) is 0 Å². The van der Waals surface area contributed by atoms with Crippen molar-refractivity contribution in [1.29, 1.82) is 0 Å². The van der Waals surface area contributed by atoms with Gasteiger partial charge in [0.25, 0.3) is 0 Å². The lowest BCUT2D eigenvalue weighted by atomic mass is 10.2. The maximum Gasteiger partial charge on any atom is 0.243 e. The molecule has 0 aromatic heterocycles. The fourth-order valence-electron chi connectivity index (χ4n) is 2.28. The lowest BCUT2D eigenvalue weighted by Gasteiger charge is -2.17. The van der Waals surface area contributed by atoms with E-state index in [9.17, 15) is 8.42 Å². The van der Waals surface area contributed by atoms with E-state index in [4.69, 9.17) is 4.74 Å². The highest BCUT2D eigenvalue weighted by molar-refractivity contribution is 7.89. The summed E-state index contributed by atoms with van der Waals surface area (Å²) in [5.74, 6) is 0.789. The van der Waals surface area contributed by atoms with Gasteiger partial charge in [0.05, 0.1) is 11.5 Å². The third-order valence-electron chi connectivity index (χ3n) is 3.68. The number of hydrogen-bond acceptors (Lipinski definition) is 3. The number of rotatable bonds is 7. The summed E-state index contributed by atoms with van der Waals surface area (Å²) in [6.45, 7) is 4.91. The van der Waals surface area contributed by atoms with E-state index in [1.165, 1.54) is 4.31 Å². The Balaban J connectivity index is 2.12. The number of nitrogens with zero attached hydrogens (tertiary/aromatic N) is 1. The standard InChI is InChI=1S/C18H23NO3S/c1-4-15-8-12-18(13-9-15)23(20,21)19(3)14-16-6-10-17(11-7-16)22-5-2/h6-13H,4-5,14H2,1-3H3. The van der Waals surface area contributed by atoms with Crippen molar-refractivity contribution in [3.63, 3.8) is 0 Å². The molecule has 0 N–H and O–H groups in total. The summed E-state index contributed by atoms with van der Waals surface area (Å²) < 4.78 is 32.0. The van der Waals surface area contributed by atoms with Gasteiger partial charge in [-0.1, -0.05) is 31.2 Å². The quantitative estimate of drug-likeness (QED) is 0.779. The maximum absolute atomic E-state index is 12.6. The minimum Gasteiger partial charge on any atom is -0.494 e. The fourth-order valence-corrected chi connectivity index (χ4v) is 3.44. The molecule has 2 aromatic carbocycles. The fraction of sp³-hybridized carbons (Fsp3) is 0.333. The summed E-state index contributed by atoms with van der Waals surface area (Å²) in [6, 6.07) is 14.5.